The summed E-state index contributed by atoms with van der Waals surface area (Å²) >= 11 is 0. The summed E-state index contributed by atoms with van der Waals surface area (Å²) in [6, 6.07) is 16.5. The van der Waals surface area contributed by atoms with Crippen molar-refractivity contribution in [3.05, 3.63) is 65.4 Å². The summed E-state index contributed by atoms with van der Waals surface area (Å²) in [6.07, 6.45) is 5.89. The average Bonchev–Trinajstić information content (AvgIpc) is 3.16. The van der Waals surface area contributed by atoms with Gasteiger partial charge < -0.3 is 15.2 Å². The molecule has 0 saturated heterocycles. The van der Waals surface area contributed by atoms with Crippen molar-refractivity contribution < 1.29 is 30.3 Å². The Balaban J connectivity index is 0.000000210. The van der Waals surface area contributed by atoms with Crippen LogP contribution in [0.25, 0.3) is 22.0 Å². The first kappa shape index (κ1) is 29.0. The van der Waals surface area contributed by atoms with Gasteiger partial charge in [0.05, 0.1) is 12.2 Å². The predicted octanol–water partition coefficient (Wildman–Crippen LogP) is 7.24. The van der Waals surface area contributed by atoms with Crippen molar-refractivity contribution >= 4 is 10.8 Å². The SMILES string of the molecule is CC[C@@H]1CC2CC[C@H](C)C(O)C2C1O.Cc1[c-]c(-c2nccc3ccc(C(C)C)cc23)cc(C)c1.[Ir]. The molecule has 3 aromatic rings. The van der Waals surface area contributed by atoms with Gasteiger partial charge in [-0.2, -0.15) is 0 Å². The molecule has 4 unspecified atom stereocenters. The fourth-order valence-corrected chi connectivity index (χ4v) is 6.29. The predicted molar refractivity (Wildman–Crippen MR) is 145 cm³/mol. The molecule has 0 spiro atoms. The summed E-state index contributed by atoms with van der Waals surface area (Å²) in [5.74, 6) is 2.09. The van der Waals surface area contributed by atoms with Crippen molar-refractivity contribution in [1.29, 1.82) is 0 Å². The molecule has 0 aliphatic heterocycles. The maximum atomic E-state index is 10.1. The molecule has 5 rings (SSSR count). The molecule has 1 aromatic heterocycles. The molecule has 2 saturated carbocycles. The third-order valence-electron chi connectivity index (χ3n) is 8.38. The molecular formula is C32H42IrNO2-. The Morgan fingerprint density at radius 2 is 1.78 bits per heavy atom. The Bertz CT molecular complexity index is 1140. The molecule has 1 heterocycles. The number of aliphatic hydroxyl groups is 2. The minimum absolute atomic E-state index is 0. The molecule has 0 amide bonds. The van der Waals surface area contributed by atoms with Crippen LogP contribution in [0.3, 0.4) is 0 Å². The molecule has 2 aromatic carbocycles. The fourth-order valence-electron chi connectivity index (χ4n) is 6.29. The quantitative estimate of drug-likeness (QED) is 0.291. The number of fused-ring (bicyclic) bond motifs is 2. The number of aliphatic hydroxyl groups excluding tert-OH is 2. The Hall–Kier alpha value is -1.58. The minimum atomic E-state index is -0.264. The zero-order chi connectivity index (χ0) is 25.3. The van der Waals surface area contributed by atoms with Crippen molar-refractivity contribution in [2.75, 3.05) is 0 Å². The summed E-state index contributed by atoms with van der Waals surface area (Å²) in [5, 5.41) is 22.6. The van der Waals surface area contributed by atoms with Crippen LogP contribution in [0.2, 0.25) is 0 Å². The third kappa shape index (κ3) is 6.10. The van der Waals surface area contributed by atoms with Gasteiger partial charge in [-0.1, -0.05) is 66.2 Å². The molecule has 2 fully saturated rings. The van der Waals surface area contributed by atoms with Gasteiger partial charge in [-0.25, -0.2) is 0 Å². The molecule has 197 valence electrons. The van der Waals surface area contributed by atoms with E-state index >= 15 is 0 Å². The van der Waals surface area contributed by atoms with E-state index in [2.05, 4.69) is 89.0 Å². The summed E-state index contributed by atoms with van der Waals surface area (Å²) in [5.41, 5.74) is 5.87. The number of aryl methyl sites for hydroxylation is 2. The molecule has 6 atom stereocenters. The normalized spacial score (nSPS) is 27.2. The van der Waals surface area contributed by atoms with Gasteiger partial charge in [0.15, 0.2) is 0 Å². The number of benzene rings is 2. The van der Waals surface area contributed by atoms with E-state index in [1.807, 2.05) is 6.20 Å². The van der Waals surface area contributed by atoms with Gasteiger partial charge in [0, 0.05) is 32.2 Å². The second-order valence-corrected chi connectivity index (χ2v) is 11.3. The van der Waals surface area contributed by atoms with E-state index in [4.69, 9.17) is 0 Å². The third-order valence-corrected chi connectivity index (χ3v) is 8.38. The first-order valence-electron chi connectivity index (χ1n) is 13.4. The first-order chi connectivity index (χ1) is 16.7. The Labute approximate surface area is 231 Å². The monoisotopic (exact) mass is 665 g/mol. The molecule has 36 heavy (non-hydrogen) atoms. The van der Waals surface area contributed by atoms with Crippen LogP contribution in [-0.4, -0.2) is 27.4 Å². The van der Waals surface area contributed by atoms with E-state index in [0.717, 1.165) is 36.1 Å². The number of hydrogen-bond donors (Lipinski definition) is 2. The van der Waals surface area contributed by atoms with Gasteiger partial charge in [-0.3, -0.25) is 0 Å². The van der Waals surface area contributed by atoms with Gasteiger partial charge in [0.1, 0.15) is 0 Å². The standard InChI is InChI=1S/C20H20N.C12H22O2.Ir/c1-13(2)17-6-5-16-7-8-21-20(19(16)12-17)18-10-14(3)9-15(4)11-18;1-3-8-6-9-5-4-7(2)11(13)10(9)12(8)14;/h5-10,12-13H,1-4H3;7-14H,3-6H2,1-2H3;/q-1;;/t;7-,8+,9?,10?,11?,12?;/m.0./s1. The Morgan fingerprint density at radius 1 is 1.03 bits per heavy atom. The van der Waals surface area contributed by atoms with Crippen LogP contribution >= 0.6 is 0 Å². The Morgan fingerprint density at radius 3 is 2.44 bits per heavy atom. The fraction of sp³-hybridized carbons (Fsp3) is 0.531. The summed E-state index contributed by atoms with van der Waals surface area (Å²) in [7, 11) is 0. The van der Waals surface area contributed by atoms with Gasteiger partial charge in [0.25, 0.3) is 0 Å². The first-order valence-corrected chi connectivity index (χ1v) is 13.4. The van der Waals surface area contributed by atoms with Crippen LogP contribution in [0.15, 0.2) is 42.6 Å². The van der Waals surface area contributed by atoms with E-state index in [0.29, 0.717) is 23.7 Å². The van der Waals surface area contributed by atoms with E-state index in [9.17, 15) is 10.2 Å². The van der Waals surface area contributed by atoms with Gasteiger partial charge in [-0.05, 0) is 71.0 Å². The molecule has 0 bridgehead atoms. The van der Waals surface area contributed by atoms with Crippen LogP contribution in [0.5, 0.6) is 0 Å². The average molecular weight is 665 g/mol. The molecule has 1 radical (unpaired) electrons. The summed E-state index contributed by atoms with van der Waals surface area (Å²) in [6.45, 7) is 12.9. The van der Waals surface area contributed by atoms with Crippen LogP contribution in [0.1, 0.15) is 76.0 Å². The largest absolute Gasteiger partial charge is 0.392 e. The van der Waals surface area contributed by atoms with Crippen molar-refractivity contribution in [2.45, 2.75) is 85.4 Å². The number of rotatable bonds is 3. The number of pyridine rings is 1. The van der Waals surface area contributed by atoms with E-state index in [-0.39, 0.29) is 38.2 Å². The van der Waals surface area contributed by atoms with Crippen molar-refractivity contribution in [3.63, 3.8) is 0 Å². The van der Waals surface area contributed by atoms with Crippen molar-refractivity contribution in [2.24, 2.45) is 23.7 Å². The number of aromatic nitrogens is 1. The maximum absolute atomic E-state index is 10.1. The number of hydrogen-bond acceptors (Lipinski definition) is 3. The van der Waals surface area contributed by atoms with Crippen molar-refractivity contribution in [1.82, 2.24) is 4.98 Å². The van der Waals surface area contributed by atoms with Crippen LogP contribution in [0, 0.1) is 43.6 Å². The van der Waals surface area contributed by atoms with Crippen LogP contribution in [-0.2, 0) is 20.1 Å². The van der Waals surface area contributed by atoms with E-state index < -0.39 is 0 Å². The van der Waals surface area contributed by atoms with Gasteiger partial charge in [-0.15, -0.1) is 34.9 Å². The molecule has 2 N–H and O–H groups in total. The van der Waals surface area contributed by atoms with E-state index in [1.165, 1.54) is 28.3 Å². The topological polar surface area (TPSA) is 53.4 Å². The van der Waals surface area contributed by atoms with Crippen LogP contribution < -0.4 is 0 Å². The molecule has 2 aliphatic carbocycles. The Kier molecular flexibility index (Phi) is 9.91. The molecule has 3 nitrogen and oxygen atoms in total. The molecule has 4 heteroatoms. The van der Waals surface area contributed by atoms with Gasteiger partial charge >= 0.3 is 0 Å². The second kappa shape index (κ2) is 12.3. The summed E-state index contributed by atoms with van der Waals surface area (Å²) in [4.78, 5) is 4.63. The van der Waals surface area contributed by atoms with E-state index in [1.54, 1.807) is 0 Å². The van der Waals surface area contributed by atoms with Gasteiger partial charge in [0.2, 0.25) is 0 Å². The number of nitrogens with zero attached hydrogens (tertiary/aromatic N) is 1. The second-order valence-electron chi connectivity index (χ2n) is 11.3. The minimum Gasteiger partial charge on any atom is -0.392 e. The summed E-state index contributed by atoms with van der Waals surface area (Å²) < 4.78 is 0. The van der Waals surface area contributed by atoms with Crippen molar-refractivity contribution in [3.8, 4) is 11.3 Å². The maximum Gasteiger partial charge on any atom is 0.0623 e. The molecule has 2 aliphatic rings. The zero-order valence-corrected chi connectivity index (χ0v) is 25.0. The van der Waals surface area contributed by atoms with Crippen LogP contribution in [0.4, 0.5) is 0 Å². The zero-order valence-electron chi connectivity index (χ0n) is 22.6. The molecular weight excluding hydrogens is 623 g/mol. The smallest absolute Gasteiger partial charge is 0.0623 e.